The highest BCUT2D eigenvalue weighted by Gasteiger charge is 2.22. The Kier molecular flexibility index (Phi) is 6.66. The SMILES string of the molecule is CCCCNCCOc1ccc(C(C)(C)c2ccccc2)cc1. The number of hydrogen-bond acceptors (Lipinski definition) is 2. The van der Waals surface area contributed by atoms with E-state index in [-0.39, 0.29) is 5.41 Å². The summed E-state index contributed by atoms with van der Waals surface area (Å²) in [6.45, 7) is 9.41. The lowest BCUT2D eigenvalue weighted by atomic mass is 9.78. The molecule has 2 heteroatoms. The van der Waals surface area contributed by atoms with Crippen molar-refractivity contribution in [3.8, 4) is 5.75 Å². The monoisotopic (exact) mass is 311 g/mol. The molecule has 0 unspecified atom stereocenters. The molecule has 0 fully saturated rings. The van der Waals surface area contributed by atoms with Crippen molar-refractivity contribution >= 4 is 0 Å². The first-order valence-electron chi connectivity index (χ1n) is 8.64. The Bertz CT molecular complexity index is 560. The summed E-state index contributed by atoms with van der Waals surface area (Å²) in [5, 5.41) is 3.39. The van der Waals surface area contributed by atoms with Gasteiger partial charge in [0.1, 0.15) is 12.4 Å². The maximum atomic E-state index is 5.80. The second-order valence-corrected chi connectivity index (χ2v) is 6.47. The van der Waals surface area contributed by atoms with Crippen LogP contribution in [-0.2, 0) is 5.41 Å². The Hall–Kier alpha value is -1.80. The van der Waals surface area contributed by atoms with Crippen LogP contribution in [0.2, 0.25) is 0 Å². The van der Waals surface area contributed by atoms with Crippen LogP contribution >= 0.6 is 0 Å². The molecule has 0 saturated heterocycles. The summed E-state index contributed by atoms with van der Waals surface area (Å²) in [7, 11) is 0. The zero-order chi connectivity index (χ0) is 16.5. The highest BCUT2D eigenvalue weighted by Crippen LogP contribution is 2.32. The van der Waals surface area contributed by atoms with Crippen LogP contribution in [0.1, 0.15) is 44.7 Å². The first kappa shape index (κ1) is 17.6. The molecule has 0 atom stereocenters. The van der Waals surface area contributed by atoms with E-state index in [0.29, 0.717) is 6.61 Å². The van der Waals surface area contributed by atoms with Gasteiger partial charge in [-0.05, 0) is 36.2 Å². The lowest BCUT2D eigenvalue weighted by Crippen LogP contribution is -2.22. The maximum absolute atomic E-state index is 5.80. The van der Waals surface area contributed by atoms with Gasteiger partial charge in [-0.25, -0.2) is 0 Å². The molecule has 2 aromatic carbocycles. The molecule has 124 valence electrons. The molecule has 0 aliphatic heterocycles. The van der Waals surface area contributed by atoms with Crippen LogP contribution in [0.5, 0.6) is 5.75 Å². The molecule has 1 N–H and O–H groups in total. The molecule has 23 heavy (non-hydrogen) atoms. The number of benzene rings is 2. The van der Waals surface area contributed by atoms with E-state index in [1.165, 1.54) is 24.0 Å². The van der Waals surface area contributed by atoms with Gasteiger partial charge in [-0.1, -0.05) is 69.7 Å². The van der Waals surface area contributed by atoms with E-state index in [2.05, 4.69) is 80.7 Å². The fraction of sp³-hybridized carbons (Fsp3) is 0.429. The Morgan fingerprint density at radius 2 is 1.52 bits per heavy atom. The first-order valence-corrected chi connectivity index (χ1v) is 8.64. The molecule has 0 bridgehead atoms. The Morgan fingerprint density at radius 3 is 2.17 bits per heavy atom. The molecule has 0 aliphatic rings. The topological polar surface area (TPSA) is 21.3 Å². The maximum Gasteiger partial charge on any atom is 0.119 e. The summed E-state index contributed by atoms with van der Waals surface area (Å²) in [5.74, 6) is 0.940. The highest BCUT2D eigenvalue weighted by atomic mass is 16.5. The fourth-order valence-corrected chi connectivity index (χ4v) is 2.66. The minimum absolute atomic E-state index is 0.00149. The van der Waals surface area contributed by atoms with E-state index >= 15 is 0 Å². The minimum Gasteiger partial charge on any atom is -0.492 e. The summed E-state index contributed by atoms with van der Waals surface area (Å²) >= 11 is 0. The lowest BCUT2D eigenvalue weighted by Gasteiger charge is -2.26. The number of unbranched alkanes of at least 4 members (excludes halogenated alkanes) is 1. The third-order valence-electron chi connectivity index (χ3n) is 4.33. The van der Waals surface area contributed by atoms with Crippen molar-refractivity contribution in [3.63, 3.8) is 0 Å². The molecular formula is C21H29NO. The van der Waals surface area contributed by atoms with Crippen LogP contribution in [-0.4, -0.2) is 19.7 Å². The van der Waals surface area contributed by atoms with Gasteiger partial charge in [0.05, 0.1) is 0 Å². The smallest absolute Gasteiger partial charge is 0.119 e. The third kappa shape index (κ3) is 5.11. The highest BCUT2D eigenvalue weighted by molar-refractivity contribution is 5.39. The number of hydrogen-bond donors (Lipinski definition) is 1. The lowest BCUT2D eigenvalue weighted by molar-refractivity contribution is 0.313. The Balaban J connectivity index is 1.89. The summed E-state index contributed by atoms with van der Waals surface area (Å²) in [6, 6.07) is 19.1. The molecule has 0 radical (unpaired) electrons. The summed E-state index contributed by atoms with van der Waals surface area (Å²) in [5.41, 5.74) is 2.63. The number of rotatable bonds is 9. The van der Waals surface area contributed by atoms with Crippen molar-refractivity contribution in [2.24, 2.45) is 0 Å². The van der Waals surface area contributed by atoms with E-state index in [0.717, 1.165) is 18.8 Å². The van der Waals surface area contributed by atoms with Gasteiger partial charge in [0.15, 0.2) is 0 Å². The number of ether oxygens (including phenoxy) is 1. The predicted octanol–water partition coefficient (Wildman–Crippen LogP) is 4.78. The van der Waals surface area contributed by atoms with Gasteiger partial charge >= 0.3 is 0 Å². The molecule has 0 aromatic heterocycles. The van der Waals surface area contributed by atoms with Crippen LogP contribution in [0, 0.1) is 0 Å². The van der Waals surface area contributed by atoms with E-state index in [9.17, 15) is 0 Å². The molecule has 0 spiro atoms. The van der Waals surface area contributed by atoms with Gasteiger partial charge in [0, 0.05) is 12.0 Å². The van der Waals surface area contributed by atoms with Gasteiger partial charge in [-0.15, -0.1) is 0 Å². The second-order valence-electron chi connectivity index (χ2n) is 6.47. The van der Waals surface area contributed by atoms with Gasteiger partial charge in [-0.3, -0.25) is 0 Å². The van der Waals surface area contributed by atoms with E-state index < -0.39 is 0 Å². The quantitative estimate of drug-likeness (QED) is 0.673. The normalized spacial score (nSPS) is 11.4. The van der Waals surface area contributed by atoms with Gasteiger partial charge in [0.2, 0.25) is 0 Å². The van der Waals surface area contributed by atoms with Crippen molar-refractivity contribution in [2.45, 2.75) is 39.0 Å². The molecule has 2 nitrogen and oxygen atoms in total. The average Bonchev–Trinajstić information content (AvgIpc) is 2.59. The molecular weight excluding hydrogens is 282 g/mol. The Labute approximate surface area is 140 Å². The van der Waals surface area contributed by atoms with Crippen molar-refractivity contribution in [1.82, 2.24) is 5.32 Å². The van der Waals surface area contributed by atoms with E-state index in [4.69, 9.17) is 4.74 Å². The standard InChI is InChI=1S/C21H29NO/c1-4-5-15-22-16-17-23-20-13-11-19(12-14-20)21(2,3)18-9-7-6-8-10-18/h6-14,22H,4-5,15-17H2,1-3H3. The zero-order valence-corrected chi connectivity index (χ0v) is 14.6. The number of nitrogens with one attached hydrogen (secondary N) is 1. The molecule has 2 aromatic rings. The molecule has 0 saturated carbocycles. The van der Waals surface area contributed by atoms with Crippen molar-refractivity contribution in [3.05, 3.63) is 65.7 Å². The largest absolute Gasteiger partial charge is 0.492 e. The molecule has 0 aliphatic carbocycles. The zero-order valence-electron chi connectivity index (χ0n) is 14.6. The molecule has 0 heterocycles. The first-order chi connectivity index (χ1) is 11.1. The average molecular weight is 311 g/mol. The summed E-state index contributed by atoms with van der Waals surface area (Å²) < 4.78 is 5.80. The second kappa shape index (κ2) is 8.73. The van der Waals surface area contributed by atoms with Crippen LogP contribution in [0.3, 0.4) is 0 Å². The van der Waals surface area contributed by atoms with Crippen LogP contribution in [0.25, 0.3) is 0 Å². The van der Waals surface area contributed by atoms with Crippen molar-refractivity contribution < 1.29 is 4.74 Å². The Morgan fingerprint density at radius 1 is 0.870 bits per heavy atom. The predicted molar refractivity (Wildman–Crippen MR) is 98.3 cm³/mol. The third-order valence-corrected chi connectivity index (χ3v) is 4.33. The molecule has 2 rings (SSSR count). The van der Waals surface area contributed by atoms with Crippen LogP contribution in [0.4, 0.5) is 0 Å². The van der Waals surface area contributed by atoms with Crippen molar-refractivity contribution in [1.29, 1.82) is 0 Å². The molecule has 0 amide bonds. The minimum atomic E-state index is 0.00149. The summed E-state index contributed by atoms with van der Waals surface area (Å²) in [6.07, 6.45) is 2.45. The van der Waals surface area contributed by atoms with Crippen LogP contribution < -0.4 is 10.1 Å². The summed E-state index contributed by atoms with van der Waals surface area (Å²) in [4.78, 5) is 0. The van der Waals surface area contributed by atoms with E-state index in [1.807, 2.05) is 0 Å². The van der Waals surface area contributed by atoms with Crippen LogP contribution in [0.15, 0.2) is 54.6 Å². The van der Waals surface area contributed by atoms with Gasteiger partial charge in [-0.2, -0.15) is 0 Å². The van der Waals surface area contributed by atoms with Gasteiger partial charge in [0.25, 0.3) is 0 Å². The fourth-order valence-electron chi connectivity index (χ4n) is 2.66. The van der Waals surface area contributed by atoms with Crippen molar-refractivity contribution in [2.75, 3.05) is 19.7 Å². The van der Waals surface area contributed by atoms with Gasteiger partial charge < -0.3 is 10.1 Å². The van der Waals surface area contributed by atoms with E-state index in [1.54, 1.807) is 0 Å².